The SMILES string of the molecule is C[C@H]1C[C@@H]1C(=O)OCc1nccn1Cc1ccccc1. The van der Waals surface area contributed by atoms with Crippen LogP contribution in [0.5, 0.6) is 0 Å². The molecule has 0 spiro atoms. The van der Waals surface area contributed by atoms with Crippen molar-refractivity contribution < 1.29 is 9.53 Å². The Kier molecular flexibility index (Phi) is 3.54. The Hall–Kier alpha value is -2.10. The first-order valence-electron chi connectivity index (χ1n) is 6.94. The number of nitrogens with zero attached hydrogens (tertiary/aromatic N) is 2. The van der Waals surface area contributed by atoms with Crippen molar-refractivity contribution >= 4 is 5.97 Å². The number of carbonyl (C=O) groups excluding carboxylic acids is 1. The number of hydrogen-bond acceptors (Lipinski definition) is 3. The van der Waals surface area contributed by atoms with Gasteiger partial charge >= 0.3 is 5.97 Å². The molecule has 2 atom stereocenters. The van der Waals surface area contributed by atoms with Gasteiger partial charge in [-0.05, 0) is 17.9 Å². The van der Waals surface area contributed by atoms with Gasteiger partial charge < -0.3 is 9.30 Å². The van der Waals surface area contributed by atoms with Crippen LogP contribution in [0, 0.1) is 11.8 Å². The van der Waals surface area contributed by atoms with E-state index in [1.54, 1.807) is 6.20 Å². The fourth-order valence-electron chi connectivity index (χ4n) is 2.30. The lowest BCUT2D eigenvalue weighted by atomic mass is 10.2. The van der Waals surface area contributed by atoms with Gasteiger partial charge in [0.2, 0.25) is 0 Å². The molecule has 1 aromatic carbocycles. The Balaban J connectivity index is 1.60. The molecule has 104 valence electrons. The van der Waals surface area contributed by atoms with Crippen molar-refractivity contribution in [1.29, 1.82) is 0 Å². The van der Waals surface area contributed by atoms with Crippen LogP contribution in [-0.2, 0) is 22.7 Å². The molecule has 1 aromatic heterocycles. The normalized spacial score (nSPS) is 20.6. The number of ether oxygens (including phenoxy) is 1. The van der Waals surface area contributed by atoms with Crippen molar-refractivity contribution in [2.75, 3.05) is 0 Å². The van der Waals surface area contributed by atoms with E-state index in [1.165, 1.54) is 5.56 Å². The van der Waals surface area contributed by atoms with Crippen LogP contribution in [0.1, 0.15) is 24.7 Å². The lowest BCUT2D eigenvalue weighted by Crippen LogP contribution is -2.11. The molecule has 4 heteroatoms. The van der Waals surface area contributed by atoms with E-state index in [-0.39, 0.29) is 18.5 Å². The van der Waals surface area contributed by atoms with E-state index >= 15 is 0 Å². The van der Waals surface area contributed by atoms with Gasteiger partial charge in [-0.25, -0.2) is 4.98 Å². The molecule has 1 heterocycles. The molecule has 0 bridgehead atoms. The number of esters is 1. The molecule has 0 N–H and O–H groups in total. The van der Waals surface area contributed by atoms with Crippen LogP contribution >= 0.6 is 0 Å². The van der Waals surface area contributed by atoms with Crippen LogP contribution in [-0.4, -0.2) is 15.5 Å². The Morgan fingerprint density at radius 3 is 2.85 bits per heavy atom. The summed E-state index contributed by atoms with van der Waals surface area (Å²) in [4.78, 5) is 16.0. The van der Waals surface area contributed by atoms with Gasteiger partial charge in [-0.15, -0.1) is 0 Å². The highest BCUT2D eigenvalue weighted by Gasteiger charge is 2.40. The molecule has 0 saturated heterocycles. The van der Waals surface area contributed by atoms with Gasteiger partial charge in [0, 0.05) is 18.9 Å². The average molecular weight is 270 g/mol. The van der Waals surface area contributed by atoms with Crippen LogP contribution in [0.4, 0.5) is 0 Å². The second-order valence-corrected chi connectivity index (χ2v) is 5.38. The van der Waals surface area contributed by atoms with Crippen molar-refractivity contribution in [2.24, 2.45) is 11.8 Å². The van der Waals surface area contributed by atoms with Crippen molar-refractivity contribution in [1.82, 2.24) is 9.55 Å². The van der Waals surface area contributed by atoms with Crippen LogP contribution < -0.4 is 0 Å². The minimum absolute atomic E-state index is 0.0910. The van der Waals surface area contributed by atoms with E-state index in [0.29, 0.717) is 5.92 Å². The number of carbonyl (C=O) groups is 1. The molecular formula is C16H18N2O2. The molecule has 0 radical (unpaired) electrons. The predicted molar refractivity (Wildman–Crippen MR) is 74.8 cm³/mol. The molecule has 4 nitrogen and oxygen atoms in total. The van der Waals surface area contributed by atoms with Crippen LogP contribution in [0.25, 0.3) is 0 Å². The first-order chi connectivity index (χ1) is 9.74. The number of benzene rings is 1. The summed E-state index contributed by atoms with van der Waals surface area (Å²) >= 11 is 0. The van der Waals surface area contributed by atoms with Crippen LogP contribution in [0.3, 0.4) is 0 Å². The van der Waals surface area contributed by atoms with E-state index in [4.69, 9.17) is 4.74 Å². The number of hydrogen-bond donors (Lipinski definition) is 0. The lowest BCUT2D eigenvalue weighted by Gasteiger charge is -2.08. The van der Waals surface area contributed by atoms with Crippen molar-refractivity contribution in [3.05, 3.63) is 54.1 Å². The predicted octanol–water partition coefficient (Wildman–Crippen LogP) is 2.63. The highest BCUT2D eigenvalue weighted by Crippen LogP contribution is 2.38. The molecule has 3 rings (SSSR count). The van der Waals surface area contributed by atoms with E-state index in [9.17, 15) is 4.79 Å². The molecular weight excluding hydrogens is 252 g/mol. The zero-order valence-electron chi connectivity index (χ0n) is 11.5. The lowest BCUT2D eigenvalue weighted by molar-refractivity contribution is -0.147. The summed E-state index contributed by atoms with van der Waals surface area (Å²) in [6, 6.07) is 10.2. The Morgan fingerprint density at radius 1 is 1.40 bits per heavy atom. The molecule has 1 saturated carbocycles. The fraction of sp³-hybridized carbons (Fsp3) is 0.375. The monoisotopic (exact) mass is 270 g/mol. The highest BCUT2D eigenvalue weighted by atomic mass is 16.5. The molecule has 20 heavy (non-hydrogen) atoms. The summed E-state index contributed by atoms with van der Waals surface area (Å²) in [5.74, 6) is 1.28. The average Bonchev–Trinajstić information content (AvgIpc) is 3.03. The smallest absolute Gasteiger partial charge is 0.309 e. The fourth-order valence-corrected chi connectivity index (χ4v) is 2.30. The van der Waals surface area contributed by atoms with E-state index in [2.05, 4.69) is 24.0 Å². The van der Waals surface area contributed by atoms with Gasteiger partial charge in [-0.2, -0.15) is 0 Å². The second kappa shape index (κ2) is 5.49. The zero-order chi connectivity index (χ0) is 13.9. The quantitative estimate of drug-likeness (QED) is 0.784. The van der Waals surface area contributed by atoms with Crippen molar-refractivity contribution in [3.8, 4) is 0 Å². The number of aromatic nitrogens is 2. The van der Waals surface area contributed by atoms with Gasteiger partial charge in [0.1, 0.15) is 12.4 Å². The molecule has 0 amide bonds. The second-order valence-electron chi connectivity index (χ2n) is 5.38. The van der Waals surface area contributed by atoms with E-state index in [1.807, 2.05) is 29.0 Å². The zero-order valence-corrected chi connectivity index (χ0v) is 11.5. The largest absolute Gasteiger partial charge is 0.457 e. The van der Waals surface area contributed by atoms with Gasteiger partial charge in [0.05, 0.1) is 5.92 Å². The van der Waals surface area contributed by atoms with Gasteiger partial charge in [-0.3, -0.25) is 4.79 Å². The topological polar surface area (TPSA) is 44.1 Å². The summed E-state index contributed by atoms with van der Waals surface area (Å²) in [5.41, 5.74) is 1.20. The maximum Gasteiger partial charge on any atom is 0.309 e. The van der Waals surface area contributed by atoms with Crippen LogP contribution in [0.15, 0.2) is 42.7 Å². The molecule has 1 aliphatic rings. The summed E-state index contributed by atoms with van der Waals surface area (Å²) in [6.07, 6.45) is 4.61. The first kappa shape index (κ1) is 12.9. The Morgan fingerprint density at radius 2 is 2.15 bits per heavy atom. The molecule has 0 unspecified atom stereocenters. The van der Waals surface area contributed by atoms with Crippen molar-refractivity contribution in [3.63, 3.8) is 0 Å². The third-order valence-corrected chi connectivity index (χ3v) is 3.75. The molecule has 2 aromatic rings. The Labute approximate surface area is 118 Å². The Bertz CT molecular complexity index is 592. The molecule has 0 aliphatic heterocycles. The minimum Gasteiger partial charge on any atom is -0.457 e. The summed E-state index contributed by atoms with van der Waals surface area (Å²) < 4.78 is 7.35. The highest BCUT2D eigenvalue weighted by molar-refractivity contribution is 5.75. The maximum atomic E-state index is 11.7. The molecule has 1 aliphatic carbocycles. The van der Waals surface area contributed by atoms with E-state index in [0.717, 1.165) is 18.8 Å². The number of imidazole rings is 1. The summed E-state index contributed by atoms with van der Waals surface area (Å²) in [5, 5.41) is 0. The minimum atomic E-state index is -0.0910. The van der Waals surface area contributed by atoms with Crippen molar-refractivity contribution in [2.45, 2.75) is 26.5 Å². The van der Waals surface area contributed by atoms with E-state index < -0.39 is 0 Å². The third-order valence-electron chi connectivity index (χ3n) is 3.75. The van der Waals surface area contributed by atoms with Crippen LogP contribution in [0.2, 0.25) is 0 Å². The van der Waals surface area contributed by atoms with Gasteiger partial charge in [0.25, 0.3) is 0 Å². The van der Waals surface area contributed by atoms with Gasteiger partial charge in [-0.1, -0.05) is 37.3 Å². The summed E-state index contributed by atoms with van der Waals surface area (Å²) in [7, 11) is 0. The third kappa shape index (κ3) is 2.90. The number of rotatable bonds is 5. The maximum absolute atomic E-state index is 11.7. The summed E-state index contributed by atoms with van der Waals surface area (Å²) in [6.45, 7) is 3.07. The molecule has 1 fully saturated rings. The van der Waals surface area contributed by atoms with Gasteiger partial charge in [0.15, 0.2) is 0 Å². The first-order valence-corrected chi connectivity index (χ1v) is 6.94. The standard InChI is InChI=1S/C16H18N2O2/c1-12-9-14(12)16(19)20-11-15-17-7-8-18(15)10-13-5-3-2-4-6-13/h2-8,12,14H,9-11H2,1H3/t12-,14-/m0/s1.